The van der Waals surface area contributed by atoms with Crippen molar-refractivity contribution in [2.45, 2.75) is 26.3 Å². The molecule has 0 aromatic heterocycles. The van der Waals surface area contributed by atoms with Gasteiger partial charge in [-0.25, -0.2) is 4.39 Å². The molecule has 82 valence electrons. The van der Waals surface area contributed by atoms with Gasteiger partial charge in [-0.15, -0.1) is 0 Å². The Hall–Kier alpha value is -1.22. The highest BCUT2D eigenvalue weighted by molar-refractivity contribution is 5.75. The Bertz CT molecular complexity index is 325. The summed E-state index contributed by atoms with van der Waals surface area (Å²) in [5.74, 6) is 0.0132. The van der Waals surface area contributed by atoms with Gasteiger partial charge in [0.25, 0.3) is 0 Å². The number of nitrogens with one attached hydrogen (secondary N) is 1. The lowest BCUT2D eigenvalue weighted by Crippen LogP contribution is -2.16. The van der Waals surface area contributed by atoms with Gasteiger partial charge < -0.3 is 10.1 Å². The zero-order chi connectivity index (χ0) is 11.1. The molecule has 15 heavy (non-hydrogen) atoms. The molecule has 0 unspecified atom stereocenters. The molecule has 0 radical (unpaired) electrons. The van der Waals surface area contributed by atoms with Crippen LogP contribution in [0.3, 0.4) is 0 Å². The van der Waals surface area contributed by atoms with Crippen LogP contribution in [0.5, 0.6) is 0 Å². The summed E-state index contributed by atoms with van der Waals surface area (Å²) in [6.07, 6.45) is 1.40. The van der Waals surface area contributed by atoms with Crippen LogP contribution in [0, 0.1) is 5.82 Å². The first kappa shape index (κ1) is 11.9. The Balaban J connectivity index is 2.21. The molecule has 1 N–H and O–H groups in total. The summed E-state index contributed by atoms with van der Waals surface area (Å²) in [5, 5.41) is 3.11. The van der Waals surface area contributed by atoms with Crippen molar-refractivity contribution in [3.8, 4) is 0 Å². The number of hydrogen-bond donors (Lipinski definition) is 1. The van der Waals surface area contributed by atoms with Crippen LogP contribution in [0.15, 0.2) is 24.3 Å². The number of halogens is 1. The number of benzene rings is 1. The molecule has 0 fully saturated rings. The van der Waals surface area contributed by atoms with Gasteiger partial charge >= 0.3 is 0 Å². The van der Waals surface area contributed by atoms with Crippen molar-refractivity contribution in [1.29, 1.82) is 0 Å². The van der Waals surface area contributed by atoms with Crippen molar-refractivity contribution in [1.82, 2.24) is 5.32 Å². The molecule has 1 aromatic carbocycles. The summed E-state index contributed by atoms with van der Waals surface area (Å²) in [6, 6.07) is 6.70. The molecule has 0 saturated carbocycles. The highest BCUT2D eigenvalue weighted by Crippen LogP contribution is 2.05. The second-order valence-corrected chi connectivity index (χ2v) is 3.57. The zero-order valence-electron chi connectivity index (χ0n) is 8.92. The molecule has 0 heterocycles. The van der Waals surface area contributed by atoms with Crippen molar-refractivity contribution >= 4 is 5.78 Å². The summed E-state index contributed by atoms with van der Waals surface area (Å²) >= 11 is 0. The van der Waals surface area contributed by atoms with Gasteiger partial charge in [-0.05, 0) is 26.0 Å². The Morgan fingerprint density at radius 1 is 1.40 bits per heavy atom. The van der Waals surface area contributed by atoms with Crippen LogP contribution in [0.4, 0.5) is 4.39 Å². The Morgan fingerprint density at radius 2 is 2.13 bits per heavy atom. The minimum atomic E-state index is -0.184. The molecule has 0 spiro atoms. The lowest BCUT2D eigenvalue weighted by molar-refractivity contribution is -0.117. The molecule has 0 amide bonds. The number of carbonyl (C=O) groups excluding carboxylic acids is 1. The molecule has 0 bridgehead atoms. The minimum Gasteiger partial charge on any atom is -0.313 e. The van der Waals surface area contributed by atoms with Crippen LogP contribution in [0.25, 0.3) is 0 Å². The second kappa shape index (κ2) is 6.30. The molecule has 2 nitrogen and oxygen atoms in total. The van der Waals surface area contributed by atoms with Gasteiger partial charge in [0, 0.05) is 18.5 Å². The van der Waals surface area contributed by atoms with Crippen LogP contribution in [-0.4, -0.2) is 12.3 Å². The first-order chi connectivity index (χ1) is 7.20. The first-order valence-electron chi connectivity index (χ1n) is 5.13. The van der Waals surface area contributed by atoms with Gasteiger partial charge in [0.2, 0.25) is 0 Å². The molecule has 1 aromatic rings. The van der Waals surface area contributed by atoms with Crippen molar-refractivity contribution in [3.63, 3.8) is 0 Å². The lowest BCUT2D eigenvalue weighted by atomic mass is 10.2. The van der Waals surface area contributed by atoms with Crippen molar-refractivity contribution < 1.29 is 9.18 Å². The molecule has 1 rings (SSSR count). The third-order valence-corrected chi connectivity index (χ3v) is 2.16. The van der Waals surface area contributed by atoms with E-state index in [1.54, 1.807) is 19.1 Å². The van der Waals surface area contributed by atoms with Gasteiger partial charge in [-0.1, -0.05) is 18.2 Å². The topological polar surface area (TPSA) is 29.1 Å². The number of Topliss-reactive ketones (excluding diaryl/α,β-unsaturated/α-hetero) is 1. The first-order valence-corrected chi connectivity index (χ1v) is 5.13. The fraction of sp³-hybridized carbons (Fsp3) is 0.417. The van der Waals surface area contributed by atoms with E-state index in [1.807, 2.05) is 6.07 Å². The molecule has 0 aliphatic heterocycles. The zero-order valence-corrected chi connectivity index (χ0v) is 8.92. The maximum atomic E-state index is 13.1. The number of hydrogen-bond acceptors (Lipinski definition) is 2. The van der Waals surface area contributed by atoms with Crippen LogP contribution in [0.1, 0.15) is 25.3 Å². The summed E-state index contributed by atoms with van der Waals surface area (Å²) in [7, 11) is 0. The van der Waals surface area contributed by atoms with E-state index >= 15 is 0 Å². The maximum Gasteiger partial charge on any atom is 0.129 e. The van der Waals surface area contributed by atoms with Crippen molar-refractivity contribution in [2.24, 2.45) is 0 Å². The highest BCUT2D eigenvalue weighted by atomic mass is 19.1. The molecular formula is C12H16FNO. The largest absolute Gasteiger partial charge is 0.313 e. The van der Waals surface area contributed by atoms with Crippen LogP contribution in [-0.2, 0) is 11.3 Å². The van der Waals surface area contributed by atoms with Crippen molar-refractivity contribution in [2.75, 3.05) is 6.54 Å². The van der Waals surface area contributed by atoms with Gasteiger partial charge in [0.15, 0.2) is 0 Å². The van der Waals surface area contributed by atoms with E-state index in [0.29, 0.717) is 18.5 Å². The average molecular weight is 209 g/mol. The van der Waals surface area contributed by atoms with Crippen molar-refractivity contribution in [3.05, 3.63) is 35.6 Å². The van der Waals surface area contributed by atoms with Crippen LogP contribution >= 0.6 is 0 Å². The summed E-state index contributed by atoms with van der Waals surface area (Å²) in [5.41, 5.74) is 0.667. The van der Waals surface area contributed by atoms with E-state index in [4.69, 9.17) is 0 Å². The third-order valence-electron chi connectivity index (χ3n) is 2.16. The van der Waals surface area contributed by atoms with Gasteiger partial charge in [-0.3, -0.25) is 0 Å². The molecular weight excluding hydrogens is 193 g/mol. The van der Waals surface area contributed by atoms with Gasteiger partial charge in [0.1, 0.15) is 11.6 Å². The standard InChI is InChI=1S/C12H16FNO/c1-10(15)5-4-8-14-9-11-6-2-3-7-12(11)13/h2-3,6-7,14H,4-5,8-9H2,1H3. The van der Waals surface area contributed by atoms with E-state index in [2.05, 4.69) is 5.32 Å². The van der Waals surface area contributed by atoms with E-state index in [9.17, 15) is 9.18 Å². The highest BCUT2D eigenvalue weighted by Gasteiger charge is 1.99. The number of ketones is 1. The molecule has 0 aliphatic rings. The fourth-order valence-corrected chi connectivity index (χ4v) is 1.33. The summed E-state index contributed by atoms with van der Waals surface area (Å²) in [6.45, 7) is 2.84. The van der Waals surface area contributed by atoms with Crippen LogP contribution in [0.2, 0.25) is 0 Å². The summed E-state index contributed by atoms with van der Waals surface area (Å²) in [4.78, 5) is 10.6. The monoisotopic (exact) mass is 209 g/mol. The Kier molecular flexibility index (Phi) is 4.98. The number of carbonyl (C=O) groups is 1. The van der Waals surface area contributed by atoms with Gasteiger partial charge in [0.05, 0.1) is 0 Å². The SMILES string of the molecule is CC(=O)CCCNCc1ccccc1F. The van der Waals surface area contributed by atoms with Gasteiger partial charge in [-0.2, -0.15) is 0 Å². The predicted octanol–water partition coefficient (Wildman–Crippen LogP) is 2.28. The molecule has 0 atom stereocenters. The van der Waals surface area contributed by atoms with E-state index in [1.165, 1.54) is 6.07 Å². The normalized spacial score (nSPS) is 10.3. The minimum absolute atomic E-state index is 0.184. The van der Waals surface area contributed by atoms with Crippen LogP contribution < -0.4 is 5.32 Å². The third kappa shape index (κ3) is 4.70. The quantitative estimate of drug-likeness (QED) is 0.728. The Morgan fingerprint density at radius 3 is 2.80 bits per heavy atom. The molecule has 3 heteroatoms. The predicted molar refractivity (Wildman–Crippen MR) is 58.0 cm³/mol. The lowest BCUT2D eigenvalue weighted by Gasteiger charge is -2.04. The molecule has 0 saturated heterocycles. The number of rotatable bonds is 6. The fourth-order valence-electron chi connectivity index (χ4n) is 1.33. The maximum absolute atomic E-state index is 13.1. The Labute approximate surface area is 89.5 Å². The second-order valence-electron chi connectivity index (χ2n) is 3.57. The van der Waals surface area contributed by atoms with E-state index < -0.39 is 0 Å². The molecule has 0 aliphatic carbocycles. The smallest absolute Gasteiger partial charge is 0.129 e. The van der Waals surface area contributed by atoms with E-state index in [0.717, 1.165) is 13.0 Å². The van der Waals surface area contributed by atoms with E-state index in [-0.39, 0.29) is 11.6 Å². The average Bonchev–Trinajstić information content (AvgIpc) is 2.20. The summed E-state index contributed by atoms with van der Waals surface area (Å²) < 4.78 is 13.1.